The summed E-state index contributed by atoms with van der Waals surface area (Å²) in [5.41, 5.74) is 2.99. The number of hydrogen-bond acceptors (Lipinski definition) is 2. The first-order chi connectivity index (χ1) is 9.56. The van der Waals surface area contributed by atoms with Gasteiger partial charge in [-0.3, -0.25) is 0 Å². The Hall–Kier alpha value is -2.36. The van der Waals surface area contributed by atoms with Gasteiger partial charge in [0.2, 0.25) is 0 Å². The molecule has 0 aliphatic carbocycles. The molecule has 0 atom stereocenters. The van der Waals surface area contributed by atoms with Crippen molar-refractivity contribution in [3.63, 3.8) is 0 Å². The molecule has 102 valence electrons. The zero-order valence-electron chi connectivity index (χ0n) is 11.3. The molecule has 0 aliphatic rings. The van der Waals surface area contributed by atoms with Gasteiger partial charge in [-0.15, -0.1) is 0 Å². The SMILES string of the molecule is C/C(=N\N=C(/C)c1ccc(F)cc1)c1ccc(F)cc1. The molecule has 0 spiro atoms. The molecule has 20 heavy (non-hydrogen) atoms. The fourth-order valence-electron chi connectivity index (χ4n) is 1.65. The summed E-state index contributed by atoms with van der Waals surface area (Å²) in [7, 11) is 0. The summed E-state index contributed by atoms with van der Waals surface area (Å²) in [5.74, 6) is -0.569. The van der Waals surface area contributed by atoms with E-state index in [0.29, 0.717) is 11.4 Å². The largest absolute Gasteiger partial charge is 0.207 e. The molecule has 2 aromatic carbocycles. The minimum atomic E-state index is -0.285. The van der Waals surface area contributed by atoms with Crippen LogP contribution in [0.5, 0.6) is 0 Å². The van der Waals surface area contributed by atoms with Crippen molar-refractivity contribution in [1.29, 1.82) is 0 Å². The minimum Gasteiger partial charge on any atom is -0.207 e. The standard InChI is InChI=1S/C16H14F2N2/c1-11(13-3-7-15(17)8-4-13)19-20-12(2)14-5-9-16(18)10-6-14/h3-10H,1-2H3/b19-11+,20-12+. The lowest BCUT2D eigenvalue weighted by molar-refractivity contribution is 0.627. The lowest BCUT2D eigenvalue weighted by Crippen LogP contribution is -1.97. The highest BCUT2D eigenvalue weighted by molar-refractivity contribution is 6.01. The third-order valence-corrected chi connectivity index (χ3v) is 2.87. The van der Waals surface area contributed by atoms with Crippen molar-refractivity contribution in [3.8, 4) is 0 Å². The van der Waals surface area contributed by atoms with Gasteiger partial charge in [0.05, 0.1) is 11.4 Å². The highest BCUT2D eigenvalue weighted by Crippen LogP contribution is 2.07. The average molecular weight is 272 g/mol. The summed E-state index contributed by atoms with van der Waals surface area (Å²) in [6, 6.07) is 12.1. The van der Waals surface area contributed by atoms with E-state index in [1.54, 1.807) is 38.1 Å². The molecule has 2 nitrogen and oxygen atoms in total. The summed E-state index contributed by atoms with van der Waals surface area (Å²) in [4.78, 5) is 0. The lowest BCUT2D eigenvalue weighted by Gasteiger charge is -2.00. The zero-order valence-corrected chi connectivity index (χ0v) is 11.3. The molecule has 2 aromatic rings. The Morgan fingerprint density at radius 3 is 1.25 bits per heavy atom. The monoisotopic (exact) mass is 272 g/mol. The van der Waals surface area contributed by atoms with Crippen LogP contribution in [-0.2, 0) is 0 Å². The molecule has 0 fully saturated rings. The summed E-state index contributed by atoms with van der Waals surface area (Å²) < 4.78 is 25.6. The maximum Gasteiger partial charge on any atom is 0.123 e. The van der Waals surface area contributed by atoms with E-state index in [1.165, 1.54) is 24.3 Å². The fourth-order valence-corrected chi connectivity index (χ4v) is 1.65. The van der Waals surface area contributed by atoms with Crippen LogP contribution in [0.15, 0.2) is 58.7 Å². The molecular formula is C16H14F2N2. The van der Waals surface area contributed by atoms with E-state index in [0.717, 1.165) is 11.1 Å². The van der Waals surface area contributed by atoms with Gasteiger partial charge in [0.25, 0.3) is 0 Å². The van der Waals surface area contributed by atoms with E-state index in [-0.39, 0.29) is 11.6 Å². The third-order valence-electron chi connectivity index (χ3n) is 2.87. The minimum absolute atomic E-state index is 0.285. The maximum absolute atomic E-state index is 12.8. The molecule has 0 unspecified atom stereocenters. The van der Waals surface area contributed by atoms with Gasteiger partial charge in [0.1, 0.15) is 11.6 Å². The first kappa shape index (κ1) is 14.1. The van der Waals surface area contributed by atoms with E-state index in [9.17, 15) is 8.78 Å². The Morgan fingerprint density at radius 1 is 0.650 bits per heavy atom. The highest BCUT2D eigenvalue weighted by Gasteiger charge is 1.99. The van der Waals surface area contributed by atoms with Gasteiger partial charge in [-0.25, -0.2) is 8.78 Å². The van der Waals surface area contributed by atoms with Crippen molar-refractivity contribution < 1.29 is 8.78 Å². The molecule has 0 N–H and O–H groups in total. The van der Waals surface area contributed by atoms with Crippen LogP contribution in [0, 0.1) is 11.6 Å². The molecule has 0 aliphatic heterocycles. The first-order valence-corrected chi connectivity index (χ1v) is 6.17. The van der Waals surface area contributed by atoms with Crippen molar-refractivity contribution in [1.82, 2.24) is 0 Å². The second kappa shape index (κ2) is 6.19. The van der Waals surface area contributed by atoms with Crippen molar-refractivity contribution in [2.24, 2.45) is 10.2 Å². The highest BCUT2D eigenvalue weighted by atomic mass is 19.1. The maximum atomic E-state index is 12.8. The van der Waals surface area contributed by atoms with Crippen LogP contribution in [0.4, 0.5) is 8.78 Å². The molecule has 0 amide bonds. The molecule has 4 heteroatoms. The molecule has 0 saturated carbocycles. The normalized spacial score (nSPS) is 12.6. The van der Waals surface area contributed by atoms with Gasteiger partial charge >= 0.3 is 0 Å². The summed E-state index contributed by atoms with van der Waals surface area (Å²) in [6.45, 7) is 3.60. The molecular weight excluding hydrogens is 258 g/mol. The third kappa shape index (κ3) is 3.57. The predicted octanol–water partition coefficient (Wildman–Crippen LogP) is 4.20. The van der Waals surface area contributed by atoms with Gasteiger partial charge in [0, 0.05) is 0 Å². The summed E-state index contributed by atoms with van der Waals surface area (Å²) in [6.07, 6.45) is 0. The van der Waals surface area contributed by atoms with Crippen LogP contribution < -0.4 is 0 Å². The van der Waals surface area contributed by atoms with Crippen LogP contribution in [0.3, 0.4) is 0 Å². The number of benzene rings is 2. The van der Waals surface area contributed by atoms with Crippen molar-refractivity contribution in [3.05, 3.63) is 71.3 Å². The molecule has 0 radical (unpaired) electrons. The van der Waals surface area contributed by atoms with Crippen LogP contribution in [0.2, 0.25) is 0 Å². The molecule has 0 heterocycles. The van der Waals surface area contributed by atoms with E-state index >= 15 is 0 Å². The lowest BCUT2D eigenvalue weighted by atomic mass is 10.1. The quantitative estimate of drug-likeness (QED) is 0.591. The average Bonchev–Trinajstić information content (AvgIpc) is 2.46. The van der Waals surface area contributed by atoms with E-state index < -0.39 is 0 Å². The molecule has 0 bridgehead atoms. The number of halogens is 2. The van der Waals surface area contributed by atoms with Crippen LogP contribution >= 0.6 is 0 Å². The Kier molecular flexibility index (Phi) is 4.35. The van der Waals surface area contributed by atoms with Gasteiger partial charge in [-0.1, -0.05) is 24.3 Å². The second-order valence-corrected chi connectivity index (χ2v) is 4.38. The Morgan fingerprint density at radius 2 is 0.950 bits per heavy atom. The number of nitrogens with zero attached hydrogens (tertiary/aromatic N) is 2. The topological polar surface area (TPSA) is 24.7 Å². The van der Waals surface area contributed by atoms with Crippen LogP contribution in [-0.4, -0.2) is 11.4 Å². The Balaban J connectivity index is 2.19. The van der Waals surface area contributed by atoms with E-state index in [4.69, 9.17) is 0 Å². The van der Waals surface area contributed by atoms with Crippen molar-refractivity contribution >= 4 is 11.4 Å². The number of hydrogen-bond donors (Lipinski definition) is 0. The first-order valence-electron chi connectivity index (χ1n) is 6.17. The van der Waals surface area contributed by atoms with Crippen LogP contribution in [0.25, 0.3) is 0 Å². The summed E-state index contributed by atoms with van der Waals surface area (Å²) in [5, 5.41) is 8.22. The van der Waals surface area contributed by atoms with Crippen LogP contribution in [0.1, 0.15) is 25.0 Å². The Bertz CT molecular complexity index is 582. The van der Waals surface area contributed by atoms with Gasteiger partial charge < -0.3 is 0 Å². The van der Waals surface area contributed by atoms with Crippen molar-refractivity contribution in [2.45, 2.75) is 13.8 Å². The van der Waals surface area contributed by atoms with Gasteiger partial charge in [-0.05, 0) is 49.2 Å². The zero-order chi connectivity index (χ0) is 14.5. The van der Waals surface area contributed by atoms with Gasteiger partial charge in [-0.2, -0.15) is 10.2 Å². The predicted molar refractivity (Wildman–Crippen MR) is 77.2 cm³/mol. The van der Waals surface area contributed by atoms with Gasteiger partial charge in [0.15, 0.2) is 0 Å². The molecule has 2 rings (SSSR count). The van der Waals surface area contributed by atoms with E-state index in [2.05, 4.69) is 10.2 Å². The Labute approximate surface area is 116 Å². The smallest absolute Gasteiger partial charge is 0.123 e. The fraction of sp³-hybridized carbons (Fsp3) is 0.125. The van der Waals surface area contributed by atoms with Crippen molar-refractivity contribution in [2.75, 3.05) is 0 Å². The molecule has 0 saturated heterocycles. The number of rotatable bonds is 3. The molecule has 0 aromatic heterocycles. The van der Waals surface area contributed by atoms with E-state index in [1.807, 2.05) is 0 Å². The second-order valence-electron chi connectivity index (χ2n) is 4.38. The summed E-state index contributed by atoms with van der Waals surface area (Å²) >= 11 is 0.